The molecule has 3 N–H and O–H groups in total. The van der Waals surface area contributed by atoms with Crippen LogP contribution in [0, 0.1) is 5.82 Å². The number of nitrogens with two attached hydrogens (primary N) is 1. The van der Waals surface area contributed by atoms with Gasteiger partial charge >= 0.3 is 6.18 Å². The molecule has 0 spiro atoms. The van der Waals surface area contributed by atoms with Gasteiger partial charge in [-0.1, -0.05) is 12.1 Å². The summed E-state index contributed by atoms with van der Waals surface area (Å²) in [5.74, 6) is -2.01. The molecule has 6 heteroatoms. The average molecular weight is 237 g/mol. The Kier molecular flexibility index (Phi) is 3.88. The Hall–Kier alpha value is -1.14. The van der Waals surface area contributed by atoms with Crippen LogP contribution in [0.25, 0.3) is 0 Å². The van der Waals surface area contributed by atoms with Crippen LogP contribution in [0.5, 0.6) is 0 Å². The molecule has 2 unspecified atom stereocenters. The number of halogens is 4. The molecule has 1 aromatic rings. The molecule has 1 aromatic carbocycles. The highest BCUT2D eigenvalue weighted by molar-refractivity contribution is 5.22. The molecular formula is C10H11F4NO. The largest absolute Gasteiger partial charge is 0.414 e. The predicted molar refractivity (Wildman–Crippen MR) is 50.3 cm³/mol. The maximum absolute atomic E-state index is 12.8. The lowest BCUT2D eigenvalue weighted by Gasteiger charge is -2.23. The molecule has 0 fully saturated rings. The lowest BCUT2D eigenvalue weighted by Crippen LogP contribution is -2.38. The molecule has 1 rings (SSSR count). The maximum Gasteiger partial charge on any atom is 0.414 e. The molecule has 2 nitrogen and oxygen atoms in total. The van der Waals surface area contributed by atoms with Crippen molar-refractivity contribution in [3.8, 4) is 0 Å². The third-order valence-electron chi connectivity index (χ3n) is 2.25. The molecule has 0 saturated carbocycles. The van der Waals surface area contributed by atoms with Crippen molar-refractivity contribution in [2.45, 2.75) is 18.2 Å². The zero-order chi connectivity index (χ0) is 12.3. The van der Waals surface area contributed by atoms with Crippen molar-refractivity contribution >= 4 is 0 Å². The third kappa shape index (κ3) is 2.93. The van der Waals surface area contributed by atoms with Crippen LogP contribution in [-0.2, 0) is 0 Å². The summed E-state index contributed by atoms with van der Waals surface area (Å²) < 4.78 is 49.6. The minimum atomic E-state index is -4.77. The van der Waals surface area contributed by atoms with Gasteiger partial charge in [-0.05, 0) is 17.7 Å². The lowest BCUT2D eigenvalue weighted by molar-refractivity contribution is -0.210. The van der Waals surface area contributed by atoms with Crippen LogP contribution in [0.15, 0.2) is 24.3 Å². The summed E-state index contributed by atoms with van der Waals surface area (Å²) >= 11 is 0. The van der Waals surface area contributed by atoms with Gasteiger partial charge in [0, 0.05) is 12.5 Å². The Labute approximate surface area is 89.7 Å². The molecule has 2 atom stereocenters. The van der Waals surface area contributed by atoms with Crippen molar-refractivity contribution in [1.82, 2.24) is 0 Å². The van der Waals surface area contributed by atoms with E-state index in [1.165, 1.54) is 12.1 Å². The molecule has 0 bridgehead atoms. The van der Waals surface area contributed by atoms with Crippen LogP contribution in [0.1, 0.15) is 11.5 Å². The van der Waals surface area contributed by atoms with Crippen molar-refractivity contribution in [2.24, 2.45) is 5.73 Å². The second-order valence-electron chi connectivity index (χ2n) is 3.38. The fourth-order valence-corrected chi connectivity index (χ4v) is 1.41. The summed E-state index contributed by atoms with van der Waals surface area (Å²) in [4.78, 5) is 0. The smallest absolute Gasteiger partial charge is 0.383 e. The van der Waals surface area contributed by atoms with E-state index >= 15 is 0 Å². The fraction of sp³-hybridized carbons (Fsp3) is 0.400. The van der Waals surface area contributed by atoms with Crippen molar-refractivity contribution in [3.63, 3.8) is 0 Å². The topological polar surface area (TPSA) is 46.2 Å². The Morgan fingerprint density at radius 2 is 1.94 bits per heavy atom. The first kappa shape index (κ1) is 12.9. The highest BCUT2D eigenvalue weighted by Crippen LogP contribution is 2.31. The van der Waals surface area contributed by atoms with E-state index in [9.17, 15) is 17.6 Å². The van der Waals surface area contributed by atoms with Crippen LogP contribution in [-0.4, -0.2) is 23.9 Å². The molecule has 0 aromatic heterocycles. The number of alkyl halides is 3. The van der Waals surface area contributed by atoms with Gasteiger partial charge in [-0.2, -0.15) is 13.2 Å². The van der Waals surface area contributed by atoms with Crippen LogP contribution < -0.4 is 5.73 Å². The van der Waals surface area contributed by atoms with E-state index in [1.54, 1.807) is 0 Å². The summed E-state index contributed by atoms with van der Waals surface area (Å²) in [6, 6.07) is 4.62. The first-order valence-corrected chi connectivity index (χ1v) is 4.56. The number of hydrogen-bond donors (Lipinski definition) is 2. The fourth-order valence-electron chi connectivity index (χ4n) is 1.41. The summed E-state index contributed by atoms with van der Waals surface area (Å²) in [5, 5.41) is 9.06. The quantitative estimate of drug-likeness (QED) is 0.787. The number of benzene rings is 1. The van der Waals surface area contributed by atoms with Crippen molar-refractivity contribution in [3.05, 3.63) is 35.6 Å². The lowest BCUT2D eigenvalue weighted by atomic mass is 9.93. The van der Waals surface area contributed by atoms with Crippen LogP contribution in [0.3, 0.4) is 0 Å². The van der Waals surface area contributed by atoms with Gasteiger partial charge in [0.2, 0.25) is 0 Å². The molecule has 0 heterocycles. The van der Waals surface area contributed by atoms with E-state index in [4.69, 9.17) is 10.8 Å². The highest BCUT2D eigenvalue weighted by Gasteiger charge is 2.43. The molecular weight excluding hydrogens is 226 g/mol. The van der Waals surface area contributed by atoms with Gasteiger partial charge in [-0.15, -0.1) is 0 Å². The van der Waals surface area contributed by atoms with E-state index in [0.29, 0.717) is 0 Å². The third-order valence-corrected chi connectivity index (χ3v) is 2.25. The number of aliphatic hydroxyl groups is 1. The summed E-state index contributed by atoms with van der Waals surface area (Å²) in [5.41, 5.74) is 5.20. The van der Waals surface area contributed by atoms with Gasteiger partial charge in [-0.25, -0.2) is 4.39 Å². The molecule has 0 aliphatic heterocycles. The summed E-state index contributed by atoms with van der Waals surface area (Å²) in [7, 11) is 0. The zero-order valence-electron chi connectivity index (χ0n) is 8.21. The SMILES string of the molecule is NCC(c1cccc(F)c1)C(O)C(F)(F)F. The Bertz CT molecular complexity index is 353. The summed E-state index contributed by atoms with van der Waals surface area (Å²) in [6.45, 7) is -0.413. The van der Waals surface area contributed by atoms with Gasteiger partial charge in [0.05, 0.1) is 0 Å². The maximum atomic E-state index is 12.8. The Balaban J connectivity index is 2.99. The van der Waals surface area contributed by atoms with Crippen molar-refractivity contribution in [1.29, 1.82) is 0 Å². The molecule has 90 valence electrons. The minimum absolute atomic E-state index is 0.0346. The van der Waals surface area contributed by atoms with E-state index < -0.39 is 30.6 Å². The zero-order valence-corrected chi connectivity index (χ0v) is 8.21. The van der Waals surface area contributed by atoms with Gasteiger partial charge in [0.1, 0.15) is 5.82 Å². The predicted octanol–water partition coefficient (Wildman–Crippen LogP) is 1.79. The number of hydrogen-bond acceptors (Lipinski definition) is 2. The second-order valence-corrected chi connectivity index (χ2v) is 3.38. The number of aliphatic hydroxyl groups excluding tert-OH is 1. The van der Waals surface area contributed by atoms with Gasteiger partial charge in [0.15, 0.2) is 6.10 Å². The Morgan fingerprint density at radius 3 is 2.38 bits per heavy atom. The standard InChI is InChI=1S/C10H11F4NO/c11-7-3-1-2-6(4-7)8(5-15)9(16)10(12,13)14/h1-4,8-9,16H,5,15H2. The van der Waals surface area contributed by atoms with Crippen molar-refractivity contribution < 1.29 is 22.7 Å². The average Bonchev–Trinajstić information content (AvgIpc) is 2.17. The molecule has 0 aliphatic rings. The molecule has 0 saturated heterocycles. The first-order chi connectivity index (χ1) is 7.36. The normalized spacial score (nSPS) is 15.9. The molecule has 16 heavy (non-hydrogen) atoms. The highest BCUT2D eigenvalue weighted by atomic mass is 19.4. The second kappa shape index (κ2) is 4.80. The van der Waals surface area contributed by atoms with E-state index in [0.717, 1.165) is 12.1 Å². The van der Waals surface area contributed by atoms with Crippen LogP contribution in [0.2, 0.25) is 0 Å². The Morgan fingerprint density at radius 1 is 1.31 bits per heavy atom. The van der Waals surface area contributed by atoms with Gasteiger partial charge in [0.25, 0.3) is 0 Å². The van der Waals surface area contributed by atoms with Crippen LogP contribution >= 0.6 is 0 Å². The molecule has 0 aliphatic carbocycles. The van der Waals surface area contributed by atoms with Gasteiger partial charge in [-0.3, -0.25) is 0 Å². The first-order valence-electron chi connectivity index (χ1n) is 4.56. The monoisotopic (exact) mass is 237 g/mol. The van der Waals surface area contributed by atoms with E-state index in [1.807, 2.05) is 0 Å². The van der Waals surface area contributed by atoms with Crippen LogP contribution in [0.4, 0.5) is 17.6 Å². The summed E-state index contributed by atoms with van der Waals surface area (Å²) in [6.07, 6.45) is -7.35. The number of rotatable bonds is 3. The van der Waals surface area contributed by atoms with E-state index in [-0.39, 0.29) is 5.56 Å². The van der Waals surface area contributed by atoms with Gasteiger partial charge < -0.3 is 10.8 Å². The molecule has 0 radical (unpaired) electrons. The van der Waals surface area contributed by atoms with Crippen molar-refractivity contribution in [2.75, 3.05) is 6.54 Å². The minimum Gasteiger partial charge on any atom is -0.383 e. The van der Waals surface area contributed by atoms with E-state index in [2.05, 4.69) is 0 Å². The molecule has 0 amide bonds.